The van der Waals surface area contributed by atoms with Gasteiger partial charge in [0, 0.05) is 4.83 Å². The van der Waals surface area contributed by atoms with E-state index in [2.05, 4.69) is 22.4 Å². The summed E-state index contributed by atoms with van der Waals surface area (Å²) in [4.78, 5) is 12.2. The molecule has 0 saturated heterocycles. The Kier molecular flexibility index (Phi) is 3.99. The van der Waals surface area contributed by atoms with Gasteiger partial charge in [-0.1, -0.05) is 15.9 Å². The summed E-state index contributed by atoms with van der Waals surface area (Å²) in [5.74, 6) is -0.0695. The second kappa shape index (κ2) is 4.65. The molecule has 0 aromatic heterocycles. The average molecular weight is 262 g/mol. The summed E-state index contributed by atoms with van der Waals surface area (Å²) in [6.45, 7) is 5.71. The van der Waals surface area contributed by atoms with E-state index in [4.69, 9.17) is 4.74 Å². The smallest absolute Gasteiger partial charge is 0.309 e. The van der Waals surface area contributed by atoms with Crippen LogP contribution in [0.25, 0.3) is 0 Å². The second-order valence-corrected chi connectivity index (χ2v) is 6.08. The van der Waals surface area contributed by atoms with Gasteiger partial charge in [0.1, 0.15) is 5.60 Å². The summed E-state index contributed by atoms with van der Waals surface area (Å²) < 4.78 is 5.33. The number of hydrogen-bond donors (Lipinski definition) is 0. The van der Waals surface area contributed by atoms with E-state index >= 15 is 0 Å². The fourth-order valence-corrected chi connectivity index (χ4v) is 1.98. The Hall–Kier alpha value is -0.0500. The SMILES string of the molecule is CC(C)(C)OC(=O)C1[CH]CC(Br)CC1. The van der Waals surface area contributed by atoms with Gasteiger partial charge in [-0.2, -0.15) is 0 Å². The third-order valence-corrected chi connectivity index (χ3v) is 3.01. The first-order chi connectivity index (χ1) is 6.38. The van der Waals surface area contributed by atoms with Crippen molar-refractivity contribution in [2.24, 2.45) is 5.92 Å². The fourth-order valence-electron chi connectivity index (χ4n) is 1.50. The molecule has 0 N–H and O–H groups in total. The fraction of sp³-hybridized carbons (Fsp3) is 0.818. The molecule has 0 heterocycles. The van der Waals surface area contributed by atoms with E-state index in [0.717, 1.165) is 19.3 Å². The van der Waals surface area contributed by atoms with Crippen LogP contribution in [0.15, 0.2) is 0 Å². The van der Waals surface area contributed by atoms with Crippen LogP contribution >= 0.6 is 15.9 Å². The summed E-state index contributed by atoms with van der Waals surface area (Å²) in [7, 11) is 0. The summed E-state index contributed by atoms with van der Waals surface area (Å²) in [6.07, 6.45) is 4.99. The zero-order valence-electron chi connectivity index (χ0n) is 9.05. The van der Waals surface area contributed by atoms with Crippen LogP contribution in [0.2, 0.25) is 0 Å². The number of halogens is 1. The molecule has 1 saturated carbocycles. The molecule has 2 nitrogen and oxygen atoms in total. The number of rotatable bonds is 1. The zero-order chi connectivity index (χ0) is 10.8. The maximum atomic E-state index is 11.7. The van der Waals surface area contributed by atoms with E-state index in [-0.39, 0.29) is 17.5 Å². The van der Waals surface area contributed by atoms with Crippen LogP contribution in [0.1, 0.15) is 40.0 Å². The van der Waals surface area contributed by atoms with Crippen molar-refractivity contribution in [1.82, 2.24) is 0 Å². The highest BCUT2D eigenvalue weighted by Crippen LogP contribution is 2.29. The van der Waals surface area contributed by atoms with E-state index in [9.17, 15) is 4.79 Å². The Morgan fingerprint density at radius 2 is 2.07 bits per heavy atom. The Morgan fingerprint density at radius 3 is 2.50 bits per heavy atom. The molecule has 0 spiro atoms. The van der Waals surface area contributed by atoms with Crippen molar-refractivity contribution >= 4 is 21.9 Å². The third-order valence-electron chi connectivity index (χ3n) is 2.18. The van der Waals surface area contributed by atoms with E-state index in [1.54, 1.807) is 0 Å². The van der Waals surface area contributed by atoms with Crippen LogP contribution in [0, 0.1) is 12.3 Å². The highest BCUT2D eigenvalue weighted by atomic mass is 79.9. The van der Waals surface area contributed by atoms with Crippen LogP contribution < -0.4 is 0 Å². The summed E-state index contributed by atoms with van der Waals surface area (Å²) in [5.41, 5.74) is -0.365. The van der Waals surface area contributed by atoms with Gasteiger partial charge < -0.3 is 4.74 Å². The Labute approximate surface area is 94.5 Å². The molecule has 0 aliphatic heterocycles. The first-order valence-corrected chi connectivity index (χ1v) is 6.00. The molecule has 0 aromatic rings. The monoisotopic (exact) mass is 261 g/mol. The molecule has 1 rings (SSSR count). The highest BCUT2D eigenvalue weighted by Gasteiger charge is 2.29. The molecule has 81 valence electrons. The van der Waals surface area contributed by atoms with Gasteiger partial charge in [-0.15, -0.1) is 0 Å². The Morgan fingerprint density at radius 1 is 1.43 bits per heavy atom. The van der Waals surface area contributed by atoms with Crippen molar-refractivity contribution in [2.45, 2.75) is 50.5 Å². The predicted octanol–water partition coefficient (Wildman–Crippen LogP) is 3.10. The van der Waals surface area contributed by atoms with Gasteiger partial charge in [0.15, 0.2) is 0 Å². The van der Waals surface area contributed by atoms with Gasteiger partial charge in [-0.25, -0.2) is 0 Å². The molecule has 3 heteroatoms. The largest absolute Gasteiger partial charge is 0.460 e. The minimum absolute atomic E-state index is 0.00280. The molecule has 2 atom stereocenters. The second-order valence-electron chi connectivity index (χ2n) is 4.79. The normalized spacial score (nSPS) is 28.6. The number of alkyl halides is 1. The quantitative estimate of drug-likeness (QED) is 0.536. The molecule has 0 bridgehead atoms. The lowest BCUT2D eigenvalue weighted by Gasteiger charge is -2.27. The average Bonchev–Trinajstić information content (AvgIpc) is 2.02. The van der Waals surface area contributed by atoms with Crippen molar-refractivity contribution in [3.63, 3.8) is 0 Å². The van der Waals surface area contributed by atoms with Crippen LogP contribution in [0.3, 0.4) is 0 Å². The molecular formula is C11H18BrO2. The minimum Gasteiger partial charge on any atom is -0.460 e. The summed E-state index contributed by atoms with van der Waals surface area (Å²) in [5, 5.41) is 0. The van der Waals surface area contributed by atoms with Crippen LogP contribution in [0.4, 0.5) is 0 Å². The lowest BCUT2D eigenvalue weighted by Crippen LogP contribution is -2.31. The molecular weight excluding hydrogens is 244 g/mol. The number of ether oxygens (including phenoxy) is 1. The van der Waals surface area contributed by atoms with Gasteiger partial charge in [-0.3, -0.25) is 4.79 Å². The van der Waals surface area contributed by atoms with Crippen molar-refractivity contribution < 1.29 is 9.53 Å². The molecule has 1 fully saturated rings. The maximum Gasteiger partial charge on any atom is 0.309 e. The molecule has 1 aliphatic carbocycles. The molecule has 2 unspecified atom stereocenters. The molecule has 14 heavy (non-hydrogen) atoms. The van der Waals surface area contributed by atoms with Gasteiger partial charge in [-0.05, 0) is 46.5 Å². The Balaban J connectivity index is 2.38. The topological polar surface area (TPSA) is 26.3 Å². The zero-order valence-corrected chi connectivity index (χ0v) is 10.6. The summed E-state index contributed by atoms with van der Waals surface area (Å²) in [6, 6.07) is 0. The van der Waals surface area contributed by atoms with Gasteiger partial charge in [0.2, 0.25) is 0 Å². The van der Waals surface area contributed by atoms with Crippen molar-refractivity contribution in [1.29, 1.82) is 0 Å². The lowest BCUT2D eigenvalue weighted by atomic mass is 9.89. The Bertz CT molecular complexity index is 200. The van der Waals surface area contributed by atoms with Gasteiger partial charge in [0.05, 0.1) is 5.92 Å². The number of carbonyl (C=O) groups excluding carboxylic acids is 1. The van der Waals surface area contributed by atoms with E-state index in [1.807, 2.05) is 20.8 Å². The minimum atomic E-state index is -0.365. The highest BCUT2D eigenvalue weighted by molar-refractivity contribution is 9.09. The number of hydrogen-bond acceptors (Lipinski definition) is 2. The first kappa shape index (κ1) is 12.0. The van der Waals surface area contributed by atoms with Gasteiger partial charge in [0.25, 0.3) is 0 Å². The van der Waals surface area contributed by atoms with Crippen LogP contribution in [0.5, 0.6) is 0 Å². The van der Waals surface area contributed by atoms with E-state index < -0.39 is 0 Å². The molecule has 0 aromatic carbocycles. The maximum absolute atomic E-state index is 11.7. The molecule has 1 aliphatic rings. The molecule has 1 radical (unpaired) electrons. The molecule has 0 amide bonds. The predicted molar refractivity (Wildman–Crippen MR) is 60.2 cm³/mol. The number of carbonyl (C=O) groups is 1. The van der Waals surface area contributed by atoms with E-state index in [0.29, 0.717) is 4.83 Å². The van der Waals surface area contributed by atoms with Crippen molar-refractivity contribution in [3.05, 3.63) is 6.42 Å². The van der Waals surface area contributed by atoms with Crippen molar-refractivity contribution in [3.8, 4) is 0 Å². The standard InChI is InChI=1S/C11H18BrO2/c1-11(2,3)14-10(13)8-4-6-9(12)7-5-8/h4,8-9H,5-7H2,1-3H3. The third kappa shape index (κ3) is 3.99. The first-order valence-electron chi connectivity index (χ1n) is 5.09. The van der Waals surface area contributed by atoms with E-state index in [1.165, 1.54) is 0 Å². The van der Waals surface area contributed by atoms with Crippen molar-refractivity contribution in [2.75, 3.05) is 0 Å². The summed E-state index contributed by atoms with van der Waals surface area (Å²) >= 11 is 3.54. The van der Waals surface area contributed by atoms with Crippen LogP contribution in [-0.4, -0.2) is 16.4 Å². The lowest BCUT2D eigenvalue weighted by molar-refractivity contribution is -0.159. The van der Waals surface area contributed by atoms with Gasteiger partial charge >= 0.3 is 5.97 Å². The number of esters is 1. The van der Waals surface area contributed by atoms with Crippen LogP contribution in [-0.2, 0) is 9.53 Å².